The molecule has 1 aromatic rings. The Bertz CT molecular complexity index is 498. The van der Waals surface area contributed by atoms with Gasteiger partial charge in [0.25, 0.3) is 5.91 Å². The molecule has 0 unspecified atom stereocenters. The Morgan fingerprint density at radius 1 is 1.35 bits per heavy atom. The zero-order valence-electron chi connectivity index (χ0n) is 14.1. The summed E-state index contributed by atoms with van der Waals surface area (Å²) in [7, 11) is 1.53. The highest BCUT2D eigenvalue weighted by molar-refractivity contribution is 6.32. The van der Waals surface area contributed by atoms with Gasteiger partial charge in [-0.2, -0.15) is 0 Å². The largest absolute Gasteiger partial charge is 0.493 e. The maximum Gasteiger partial charge on any atom is 0.251 e. The highest BCUT2D eigenvalue weighted by Crippen LogP contribution is 2.36. The van der Waals surface area contributed by atoms with Crippen molar-refractivity contribution >= 4 is 29.9 Å². The van der Waals surface area contributed by atoms with Crippen LogP contribution in [0.4, 0.5) is 0 Å². The molecule has 23 heavy (non-hydrogen) atoms. The van der Waals surface area contributed by atoms with E-state index in [0.717, 1.165) is 13.0 Å². The second kappa shape index (κ2) is 11.4. The van der Waals surface area contributed by atoms with Crippen molar-refractivity contribution < 1.29 is 14.3 Å². The van der Waals surface area contributed by atoms with Gasteiger partial charge in [-0.1, -0.05) is 25.4 Å². The highest BCUT2D eigenvalue weighted by atomic mass is 35.5. The van der Waals surface area contributed by atoms with Gasteiger partial charge in [-0.05, 0) is 32.0 Å². The van der Waals surface area contributed by atoms with Crippen LogP contribution in [0.5, 0.6) is 11.5 Å². The SMILES string of the molecule is CCCOc1c(Cl)cc(C(=O)NC[C@@H](C)NCC)cc1OC.Cl. The average molecular weight is 365 g/mol. The fourth-order valence-corrected chi connectivity index (χ4v) is 2.23. The van der Waals surface area contributed by atoms with Crippen molar-refractivity contribution in [2.45, 2.75) is 33.2 Å². The molecule has 0 fully saturated rings. The fourth-order valence-electron chi connectivity index (χ4n) is 1.96. The van der Waals surface area contributed by atoms with Crippen molar-refractivity contribution in [3.8, 4) is 11.5 Å². The van der Waals surface area contributed by atoms with E-state index in [4.69, 9.17) is 21.1 Å². The lowest BCUT2D eigenvalue weighted by atomic mass is 10.1. The minimum atomic E-state index is -0.188. The van der Waals surface area contributed by atoms with Crippen LogP contribution in [-0.4, -0.2) is 38.8 Å². The van der Waals surface area contributed by atoms with Crippen LogP contribution in [0.3, 0.4) is 0 Å². The van der Waals surface area contributed by atoms with E-state index in [-0.39, 0.29) is 24.4 Å². The quantitative estimate of drug-likeness (QED) is 0.705. The first-order chi connectivity index (χ1) is 10.5. The van der Waals surface area contributed by atoms with E-state index in [9.17, 15) is 4.79 Å². The Labute approximate surface area is 149 Å². The molecule has 0 aliphatic rings. The number of likely N-dealkylation sites (N-methyl/N-ethyl adjacent to an activating group) is 1. The molecule has 0 aromatic heterocycles. The van der Waals surface area contributed by atoms with Gasteiger partial charge in [0.2, 0.25) is 0 Å². The summed E-state index contributed by atoms with van der Waals surface area (Å²) in [5.41, 5.74) is 0.453. The number of rotatable bonds is 9. The monoisotopic (exact) mass is 364 g/mol. The molecule has 0 spiro atoms. The lowest BCUT2D eigenvalue weighted by Crippen LogP contribution is -2.38. The molecule has 1 rings (SSSR count). The summed E-state index contributed by atoms with van der Waals surface area (Å²) in [5, 5.41) is 6.47. The molecular weight excluding hydrogens is 339 g/mol. The third-order valence-corrected chi connectivity index (χ3v) is 3.34. The van der Waals surface area contributed by atoms with E-state index in [1.54, 1.807) is 12.1 Å². The van der Waals surface area contributed by atoms with Gasteiger partial charge in [0.05, 0.1) is 18.7 Å². The predicted molar refractivity (Wildman–Crippen MR) is 96.5 cm³/mol. The first-order valence-corrected chi connectivity index (χ1v) is 7.93. The van der Waals surface area contributed by atoms with Gasteiger partial charge in [-0.25, -0.2) is 0 Å². The van der Waals surface area contributed by atoms with Gasteiger partial charge >= 0.3 is 0 Å². The van der Waals surface area contributed by atoms with Crippen molar-refractivity contribution in [1.29, 1.82) is 0 Å². The molecule has 0 heterocycles. The lowest BCUT2D eigenvalue weighted by Gasteiger charge is -2.15. The van der Waals surface area contributed by atoms with Gasteiger partial charge in [0, 0.05) is 18.2 Å². The third kappa shape index (κ3) is 6.85. The number of hydrogen-bond acceptors (Lipinski definition) is 4. The van der Waals surface area contributed by atoms with Crippen LogP contribution in [0, 0.1) is 0 Å². The number of carbonyl (C=O) groups excluding carboxylic acids is 1. The Morgan fingerprint density at radius 3 is 2.61 bits per heavy atom. The van der Waals surface area contributed by atoms with E-state index < -0.39 is 0 Å². The molecule has 5 nitrogen and oxygen atoms in total. The molecule has 1 amide bonds. The van der Waals surface area contributed by atoms with Crippen LogP contribution in [-0.2, 0) is 0 Å². The molecular formula is C16H26Cl2N2O3. The molecule has 0 saturated heterocycles. The standard InChI is InChI=1S/C16H25ClN2O3.ClH/c1-5-7-22-15-13(17)8-12(9-14(15)21-4)16(20)19-10-11(3)18-6-2;/h8-9,11,18H,5-7,10H2,1-4H3,(H,19,20);1H/t11-;/m1./s1. The molecule has 0 aliphatic heterocycles. The predicted octanol–water partition coefficient (Wildman–Crippen LogP) is 3.29. The van der Waals surface area contributed by atoms with Crippen molar-refractivity contribution in [2.24, 2.45) is 0 Å². The topological polar surface area (TPSA) is 59.6 Å². The van der Waals surface area contributed by atoms with E-state index in [2.05, 4.69) is 10.6 Å². The normalized spacial score (nSPS) is 11.3. The zero-order chi connectivity index (χ0) is 16.5. The average Bonchev–Trinajstić information content (AvgIpc) is 2.51. The van der Waals surface area contributed by atoms with Crippen LogP contribution in [0.25, 0.3) is 0 Å². The zero-order valence-corrected chi connectivity index (χ0v) is 15.6. The highest BCUT2D eigenvalue weighted by Gasteiger charge is 2.16. The van der Waals surface area contributed by atoms with Crippen LogP contribution in [0.15, 0.2) is 12.1 Å². The smallest absolute Gasteiger partial charge is 0.251 e. The van der Waals surface area contributed by atoms with E-state index >= 15 is 0 Å². The summed E-state index contributed by atoms with van der Waals surface area (Å²) < 4.78 is 10.9. The number of amides is 1. The van der Waals surface area contributed by atoms with Gasteiger partial charge in [0.15, 0.2) is 11.5 Å². The number of nitrogens with one attached hydrogen (secondary N) is 2. The summed E-state index contributed by atoms with van der Waals surface area (Å²) in [6, 6.07) is 3.45. The number of methoxy groups -OCH3 is 1. The van der Waals surface area contributed by atoms with Crippen molar-refractivity contribution in [2.75, 3.05) is 26.8 Å². The Hall–Kier alpha value is -1.17. The third-order valence-electron chi connectivity index (χ3n) is 3.06. The van der Waals surface area contributed by atoms with E-state index in [1.165, 1.54) is 7.11 Å². The molecule has 2 N–H and O–H groups in total. The van der Waals surface area contributed by atoms with Gasteiger partial charge in [-0.3, -0.25) is 4.79 Å². The Kier molecular flexibility index (Phi) is 10.8. The molecule has 1 atom stereocenters. The molecule has 0 radical (unpaired) electrons. The maximum absolute atomic E-state index is 12.2. The first-order valence-electron chi connectivity index (χ1n) is 7.55. The summed E-state index contributed by atoms with van der Waals surface area (Å²) in [6.45, 7) is 7.99. The van der Waals surface area contributed by atoms with Crippen molar-refractivity contribution in [1.82, 2.24) is 10.6 Å². The number of halogens is 2. The summed E-state index contributed by atoms with van der Waals surface area (Å²) in [4.78, 5) is 12.2. The molecule has 0 bridgehead atoms. The second-order valence-electron chi connectivity index (χ2n) is 5.01. The second-order valence-corrected chi connectivity index (χ2v) is 5.41. The van der Waals surface area contributed by atoms with E-state index in [1.807, 2.05) is 20.8 Å². The molecule has 0 aliphatic carbocycles. The van der Waals surface area contributed by atoms with Crippen LogP contribution < -0.4 is 20.1 Å². The molecule has 7 heteroatoms. The van der Waals surface area contributed by atoms with Gasteiger partial charge in [0.1, 0.15) is 0 Å². The number of carbonyl (C=O) groups is 1. The fraction of sp³-hybridized carbons (Fsp3) is 0.562. The van der Waals surface area contributed by atoms with Gasteiger partial charge < -0.3 is 20.1 Å². The number of benzene rings is 1. The summed E-state index contributed by atoms with van der Waals surface area (Å²) in [5.74, 6) is 0.751. The van der Waals surface area contributed by atoms with Crippen LogP contribution in [0.1, 0.15) is 37.6 Å². The number of hydrogen-bond donors (Lipinski definition) is 2. The van der Waals surface area contributed by atoms with E-state index in [0.29, 0.717) is 35.2 Å². The molecule has 1 aromatic carbocycles. The minimum absolute atomic E-state index is 0. The molecule has 0 saturated carbocycles. The summed E-state index contributed by atoms with van der Waals surface area (Å²) in [6.07, 6.45) is 0.865. The van der Waals surface area contributed by atoms with Gasteiger partial charge in [-0.15, -0.1) is 12.4 Å². The minimum Gasteiger partial charge on any atom is -0.493 e. The Morgan fingerprint density at radius 2 is 2.04 bits per heavy atom. The van der Waals surface area contributed by atoms with Crippen molar-refractivity contribution in [3.63, 3.8) is 0 Å². The first kappa shape index (κ1) is 21.8. The summed E-state index contributed by atoms with van der Waals surface area (Å²) >= 11 is 6.21. The Balaban J connectivity index is 0.00000484. The molecule has 132 valence electrons. The van der Waals surface area contributed by atoms with Crippen LogP contribution in [0.2, 0.25) is 5.02 Å². The van der Waals surface area contributed by atoms with Crippen LogP contribution >= 0.6 is 24.0 Å². The number of ether oxygens (including phenoxy) is 2. The van der Waals surface area contributed by atoms with Crippen molar-refractivity contribution in [3.05, 3.63) is 22.7 Å². The maximum atomic E-state index is 12.2. The lowest BCUT2D eigenvalue weighted by molar-refractivity contribution is 0.0950.